The summed E-state index contributed by atoms with van der Waals surface area (Å²) in [5.74, 6) is -1.52. The summed E-state index contributed by atoms with van der Waals surface area (Å²) >= 11 is 0. The van der Waals surface area contributed by atoms with Gasteiger partial charge in [0.2, 0.25) is 0 Å². The van der Waals surface area contributed by atoms with Gasteiger partial charge in [-0.2, -0.15) is 8.78 Å². The van der Waals surface area contributed by atoms with E-state index in [1.54, 1.807) is 24.3 Å². The molecule has 0 heterocycles. The van der Waals surface area contributed by atoms with E-state index in [0.717, 1.165) is 5.56 Å². The molecule has 0 fully saturated rings. The van der Waals surface area contributed by atoms with Crippen molar-refractivity contribution in [2.75, 3.05) is 6.54 Å². The number of nitrogens with one attached hydrogen (secondary N) is 1. The van der Waals surface area contributed by atoms with Crippen LogP contribution in [0.2, 0.25) is 0 Å². The molecule has 0 aliphatic heterocycles. The molecule has 2 N–H and O–H groups in total. The molecule has 0 bridgehead atoms. The number of carboxylic acid groups (broad SMARTS) is 1. The minimum Gasteiger partial charge on any atom is -0.479 e. The Morgan fingerprint density at radius 2 is 1.90 bits per heavy atom. The van der Waals surface area contributed by atoms with Gasteiger partial charge in [0.25, 0.3) is 0 Å². The topological polar surface area (TPSA) is 84.9 Å². The molecule has 8 heteroatoms. The second-order valence-corrected chi connectivity index (χ2v) is 4.00. The summed E-state index contributed by atoms with van der Waals surface area (Å²) in [6.07, 6.45) is -2.74. The van der Waals surface area contributed by atoms with Crippen molar-refractivity contribution in [3.8, 4) is 0 Å². The number of carbonyl (C=O) groups is 2. The zero-order valence-corrected chi connectivity index (χ0v) is 11.0. The predicted molar refractivity (Wildman–Crippen MR) is 67.8 cm³/mol. The van der Waals surface area contributed by atoms with Gasteiger partial charge in [0.1, 0.15) is 6.61 Å². The van der Waals surface area contributed by atoms with E-state index in [-0.39, 0.29) is 19.6 Å². The molecule has 1 aromatic rings. The summed E-state index contributed by atoms with van der Waals surface area (Å²) < 4.78 is 32.6. The Kier molecular flexibility index (Phi) is 7.10. The molecule has 1 rings (SSSR count). The molecule has 0 aliphatic rings. The third-order valence-electron chi connectivity index (χ3n) is 2.43. The van der Waals surface area contributed by atoms with E-state index in [0.29, 0.717) is 0 Å². The van der Waals surface area contributed by atoms with Gasteiger partial charge in [-0.15, -0.1) is 0 Å². The number of rotatable bonds is 8. The van der Waals surface area contributed by atoms with Crippen molar-refractivity contribution >= 4 is 12.1 Å². The first-order chi connectivity index (χ1) is 9.99. The van der Waals surface area contributed by atoms with Crippen molar-refractivity contribution in [3.63, 3.8) is 0 Å². The second kappa shape index (κ2) is 8.85. The van der Waals surface area contributed by atoms with Crippen LogP contribution in [0.4, 0.5) is 13.6 Å². The summed E-state index contributed by atoms with van der Waals surface area (Å²) in [6, 6.07) is 8.93. The van der Waals surface area contributed by atoms with Crippen molar-refractivity contribution in [3.05, 3.63) is 35.9 Å². The first kappa shape index (κ1) is 16.8. The number of hydrogen-bond acceptors (Lipinski definition) is 4. The Bertz CT molecular complexity index is 455. The van der Waals surface area contributed by atoms with Gasteiger partial charge in [-0.25, -0.2) is 9.59 Å². The second-order valence-electron chi connectivity index (χ2n) is 4.00. The Morgan fingerprint density at radius 1 is 1.24 bits per heavy atom. The molecule has 0 spiro atoms. The number of halogens is 2. The number of alkyl carbamates (subject to hydrolysis) is 1. The molecule has 1 aromatic carbocycles. The molecular weight excluding hydrogens is 288 g/mol. The van der Waals surface area contributed by atoms with Crippen molar-refractivity contribution in [2.24, 2.45) is 0 Å². The zero-order valence-electron chi connectivity index (χ0n) is 11.0. The highest BCUT2D eigenvalue weighted by Crippen LogP contribution is 2.05. The number of hydrogen-bond donors (Lipinski definition) is 2. The van der Waals surface area contributed by atoms with Gasteiger partial charge in [0, 0.05) is 13.0 Å². The van der Waals surface area contributed by atoms with E-state index in [2.05, 4.69) is 10.1 Å². The Balaban J connectivity index is 2.24. The summed E-state index contributed by atoms with van der Waals surface area (Å²) in [5.41, 5.74) is 0.789. The van der Waals surface area contributed by atoms with Crippen molar-refractivity contribution < 1.29 is 33.0 Å². The van der Waals surface area contributed by atoms with Crippen LogP contribution in [0.5, 0.6) is 0 Å². The molecule has 0 unspecified atom stereocenters. The molecular formula is C13H15F2NO5. The highest BCUT2D eigenvalue weighted by molar-refractivity contribution is 5.72. The molecule has 0 aliphatic carbocycles. The lowest BCUT2D eigenvalue weighted by atomic mass is 10.2. The predicted octanol–water partition coefficient (Wildman–Crippen LogP) is 2.00. The summed E-state index contributed by atoms with van der Waals surface area (Å²) in [4.78, 5) is 21.9. The van der Waals surface area contributed by atoms with Crippen LogP contribution in [0.1, 0.15) is 12.0 Å². The van der Waals surface area contributed by atoms with E-state index in [4.69, 9.17) is 9.84 Å². The number of ether oxygens (including phenoxy) is 2. The fourth-order valence-electron chi connectivity index (χ4n) is 1.45. The van der Waals surface area contributed by atoms with Crippen molar-refractivity contribution in [1.29, 1.82) is 0 Å². The lowest BCUT2D eigenvalue weighted by molar-refractivity contribution is -0.187. The molecule has 0 saturated heterocycles. The SMILES string of the molecule is O=C(NCC[C@H](OC(F)F)C(=O)O)OCc1ccccc1. The van der Waals surface area contributed by atoms with E-state index >= 15 is 0 Å². The monoisotopic (exact) mass is 303 g/mol. The molecule has 6 nitrogen and oxygen atoms in total. The lowest BCUT2D eigenvalue weighted by Crippen LogP contribution is -2.33. The van der Waals surface area contributed by atoms with Crippen LogP contribution in [0.3, 0.4) is 0 Å². The van der Waals surface area contributed by atoms with Crippen LogP contribution >= 0.6 is 0 Å². The molecule has 1 atom stereocenters. The maximum absolute atomic E-state index is 11.9. The number of carbonyl (C=O) groups excluding carboxylic acids is 1. The van der Waals surface area contributed by atoms with E-state index in [1.165, 1.54) is 0 Å². The number of carboxylic acids is 1. The number of amides is 1. The van der Waals surface area contributed by atoms with E-state index < -0.39 is 24.8 Å². The van der Waals surface area contributed by atoms with Gasteiger partial charge in [-0.3, -0.25) is 0 Å². The zero-order chi connectivity index (χ0) is 15.7. The Morgan fingerprint density at radius 3 is 2.48 bits per heavy atom. The van der Waals surface area contributed by atoms with Crippen LogP contribution in [0, 0.1) is 0 Å². The molecule has 0 aromatic heterocycles. The number of alkyl halides is 2. The van der Waals surface area contributed by atoms with Crippen LogP contribution in [0.15, 0.2) is 30.3 Å². The summed E-state index contributed by atoms with van der Waals surface area (Å²) in [6.45, 7) is -3.28. The lowest BCUT2D eigenvalue weighted by Gasteiger charge is -2.13. The van der Waals surface area contributed by atoms with E-state index in [1.807, 2.05) is 6.07 Å². The standard InChI is InChI=1S/C13H15F2NO5/c14-12(15)21-10(11(17)18)6-7-16-13(19)20-8-9-4-2-1-3-5-9/h1-5,10,12H,6-8H2,(H,16,19)(H,17,18)/t10-/m0/s1. The van der Waals surface area contributed by atoms with Gasteiger partial charge in [0.05, 0.1) is 0 Å². The van der Waals surface area contributed by atoms with Crippen LogP contribution < -0.4 is 5.32 Å². The van der Waals surface area contributed by atoms with Crippen molar-refractivity contribution in [1.82, 2.24) is 5.32 Å². The third kappa shape index (κ3) is 7.21. The van der Waals surface area contributed by atoms with Crippen LogP contribution in [-0.2, 0) is 20.9 Å². The maximum atomic E-state index is 11.9. The Labute approximate surface area is 119 Å². The highest BCUT2D eigenvalue weighted by Gasteiger charge is 2.22. The largest absolute Gasteiger partial charge is 0.479 e. The fraction of sp³-hybridized carbons (Fsp3) is 0.385. The normalized spacial score (nSPS) is 12.0. The minimum absolute atomic E-state index is 0.0581. The molecule has 116 valence electrons. The molecule has 21 heavy (non-hydrogen) atoms. The number of benzene rings is 1. The van der Waals surface area contributed by atoms with Gasteiger partial charge in [-0.1, -0.05) is 30.3 Å². The first-order valence-corrected chi connectivity index (χ1v) is 6.10. The summed E-state index contributed by atoms with van der Waals surface area (Å²) in [7, 11) is 0. The number of aliphatic carboxylic acids is 1. The average molecular weight is 303 g/mol. The first-order valence-electron chi connectivity index (χ1n) is 6.10. The maximum Gasteiger partial charge on any atom is 0.407 e. The van der Waals surface area contributed by atoms with Crippen molar-refractivity contribution in [2.45, 2.75) is 25.7 Å². The van der Waals surface area contributed by atoms with Gasteiger partial charge >= 0.3 is 18.7 Å². The Hall–Kier alpha value is -2.22. The third-order valence-corrected chi connectivity index (χ3v) is 2.43. The van der Waals surface area contributed by atoms with Gasteiger partial charge in [0.15, 0.2) is 6.10 Å². The quantitative estimate of drug-likeness (QED) is 0.767. The highest BCUT2D eigenvalue weighted by atomic mass is 19.3. The van der Waals surface area contributed by atoms with Gasteiger partial charge in [-0.05, 0) is 5.56 Å². The smallest absolute Gasteiger partial charge is 0.407 e. The van der Waals surface area contributed by atoms with Gasteiger partial charge < -0.3 is 19.9 Å². The van der Waals surface area contributed by atoms with Crippen LogP contribution in [0.25, 0.3) is 0 Å². The fourth-order valence-corrected chi connectivity index (χ4v) is 1.45. The molecule has 0 radical (unpaired) electrons. The molecule has 0 saturated carbocycles. The summed E-state index contributed by atoms with van der Waals surface area (Å²) in [5, 5.41) is 10.9. The minimum atomic E-state index is -3.18. The average Bonchev–Trinajstić information content (AvgIpc) is 2.44. The van der Waals surface area contributed by atoms with E-state index in [9.17, 15) is 18.4 Å². The molecule has 1 amide bonds. The van der Waals surface area contributed by atoms with Crippen LogP contribution in [-0.4, -0.2) is 36.4 Å².